The molecule has 0 aromatic carbocycles. The molecule has 0 bridgehead atoms. The van der Waals surface area contributed by atoms with E-state index in [2.05, 4.69) is 17.1 Å². The number of carboxylic acids is 1. The first-order valence-corrected chi connectivity index (χ1v) is 5.94. The Morgan fingerprint density at radius 1 is 1.50 bits per heavy atom. The van der Waals surface area contributed by atoms with E-state index in [1.807, 2.05) is 0 Å². The molecule has 1 atom stereocenters. The molecule has 0 spiro atoms. The number of ether oxygens (including phenoxy) is 1. The SMILES string of the molecule is CC(CN1CCOCC1)NCCCC(=O)O. The minimum atomic E-state index is -0.720. The first-order valence-electron chi connectivity index (χ1n) is 5.94. The van der Waals surface area contributed by atoms with Crippen molar-refractivity contribution in [2.24, 2.45) is 0 Å². The van der Waals surface area contributed by atoms with Crippen molar-refractivity contribution in [2.75, 3.05) is 39.4 Å². The largest absolute Gasteiger partial charge is 0.481 e. The van der Waals surface area contributed by atoms with Gasteiger partial charge in [-0.2, -0.15) is 0 Å². The molecule has 0 aromatic rings. The number of nitrogens with one attached hydrogen (secondary N) is 1. The summed E-state index contributed by atoms with van der Waals surface area (Å²) in [5.74, 6) is -0.720. The maximum absolute atomic E-state index is 10.3. The molecule has 1 heterocycles. The first-order chi connectivity index (χ1) is 7.68. The molecular weight excluding hydrogens is 208 g/mol. The average Bonchev–Trinajstić information content (AvgIpc) is 2.25. The maximum atomic E-state index is 10.3. The highest BCUT2D eigenvalue weighted by Gasteiger charge is 2.12. The predicted octanol–water partition coefficient (Wildman–Crippen LogP) is 0.162. The minimum Gasteiger partial charge on any atom is -0.481 e. The summed E-state index contributed by atoms with van der Waals surface area (Å²) < 4.78 is 5.28. The number of aliphatic carboxylic acids is 1. The number of rotatable bonds is 7. The van der Waals surface area contributed by atoms with Crippen molar-refractivity contribution >= 4 is 5.97 Å². The summed E-state index contributed by atoms with van der Waals surface area (Å²) in [6.07, 6.45) is 0.945. The van der Waals surface area contributed by atoms with Gasteiger partial charge in [-0.25, -0.2) is 0 Å². The van der Waals surface area contributed by atoms with Crippen LogP contribution in [0, 0.1) is 0 Å². The van der Waals surface area contributed by atoms with Crippen LogP contribution in [0.25, 0.3) is 0 Å². The van der Waals surface area contributed by atoms with E-state index in [1.165, 1.54) is 0 Å². The smallest absolute Gasteiger partial charge is 0.303 e. The number of hydrogen-bond acceptors (Lipinski definition) is 4. The third kappa shape index (κ3) is 6.05. The molecule has 16 heavy (non-hydrogen) atoms. The summed E-state index contributed by atoms with van der Waals surface area (Å²) in [5.41, 5.74) is 0. The fourth-order valence-corrected chi connectivity index (χ4v) is 1.82. The molecule has 5 nitrogen and oxygen atoms in total. The van der Waals surface area contributed by atoms with Crippen LogP contribution in [0.4, 0.5) is 0 Å². The molecule has 0 aliphatic carbocycles. The van der Waals surface area contributed by atoms with Gasteiger partial charge < -0.3 is 15.2 Å². The lowest BCUT2D eigenvalue weighted by molar-refractivity contribution is -0.137. The highest BCUT2D eigenvalue weighted by molar-refractivity contribution is 5.66. The summed E-state index contributed by atoms with van der Waals surface area (Å²) >= 11 is 0. The molecule has 5 heteroatoms. The van der Waals surface area contributed by atoms with Gasteiger partial charge in [0.2, 0.25) is 0 Å². The Kier molecular flexibility index (Phi) is 6.37. The first kappa shape index (κ1) is 13.4. The van der Waals surface area contributed by atoms with Gasteiger partial charge in [-0.15, -0.1) is 0 Å². The van der Waals surface area contributed by atoms with Gasteiger partial charge in [-0.3, -0.25) is 9.69 Å². The maximum Gasteiger partial charge on any atom is 0.303 e. The Hall–Kier alpha value is -0.650. The van der Waals surface area contributed by atoms with Crippen molar-refractivity contribution in [3.05, 3.63) is 0 Å². The Bertz CT molecular complexity index is 205. The van der Waals surface area contributed by atoms with Crippen molar-refractivity contribution in [1.29, 1.82) is 0 Å². The fraction of sp³-hybridized carbons (Fsp3) is 0.909. The molecule has 0 radical (unpaired) electrons. The topological polar surface area (TPSA) is 61.8 Å². The number of morpholine rings is 1. The van der Waals surface area contributed by atoms with Crippen LogP contribution in [0.5, 0.6) is 0 Å². The minimum absolute atomic E-state index is 0.247. The van der Waals surface area contributed by atoms with E-state index in [0.29, 0.717) is 12.5 Å². The Labute approximate surface area is 96.8 Å². The third-order valence-corrected chi connectivity index (χ3v) is 2.70. The molecule has 1 saturated heterocycles. The van der Waals surface area contributed by atoms with Gasteiger partial charge in [0.05, 0.1) is 13.2 Å². The number of nitrogens with zero attached hydrogens (tertiary/aromatic N) is 1. The molecule has 0 amide bonds. The van der Waals surface area contributed by atoms with Crippen LogP contribution in [0.15, 0.2) is 0 Å². The highest BCUT2D eigenvalue weighted by atomic mass is 16.5. The summed E-state index contributed by atoms with van der Waals surface area (Å²) in [7, 11) is 0. The van der Waals surface area contributed by atoms with Gasteiger partial charge >= 0.3 is 5.97 Å². The highest BCUT2D eigenvalue weighted by Crippen LogP contribution is 1.98. The van der Waals surface area contributed by atoms with Gasteiger partial charge in [0.1, 0.15) is 0 Å². The van der Waals surface area contributed by atoms with Gasteiger partial charge in [-0.1, -0.05) is 0 Å². The Balaban J connectivity index is 2.01. The van der Waals surface area contributed by atoms with Gasteiger partial charge in [0.25, 0.3) is 0 Å². The zero-order valence-corrected chi connectivity index (χ0v) is 9.95. The van der Waals surface area contributed by atoms with E-state index in [9.17, 15) is 4.79 Å². The normalized spacial score (nSPS) is 19.6. The van der Waals surface area contributed by atoms with Crippen molar-refractivity contribution < 1.29 is 14.6 Å². The molecule has 1 aliphatic heterocycles. The molecule has 1 rings (SSSR count). The zero-order chi connectivity index (χ0) is 11.8. The summed E-state index contributed by atoms with van der Waals surface area (Å²) in [6.45, 7) is 7.57. The van der Waals surface area contributed by atoms with E-state index >= 15 is 0 Å². The summed E-state index contributed by atoms with van der Waals surface area (Å²) in [5, 5.41) is 11.8. The lowest BCUT2D eigenvalue weighted by Crippen LogP contribution is -2.44. The van der Waals surface area contributed by atoms with Crippen LogP contribution in [-0.4, -0.2) is 61.4 Å². The standard InChI is InChI=1S/C11H22N2O3/c1-10(12-4-2-3-11(14)15)9-13-5-7-16-8-6-13/h10,12H,2-9H2,1H3,(H,14,15). The number of hydrogen-bond donors (Lipinski definition) is 2. The van der Waals surface area contributed by atoms with Gasteiger partial charge in [-0.05, 0) is 19.9 Å². The van der Waals surface area contributed by atoms with E-state index in [-0.39, 0.29) is 6.42 Å². The predicted molar refractivity (Wildman–Crippen MR) is 61.6 cm³/mol. The van der Waals surface area contributed by atoms with Crippen LogP contribution in [0.3, 0.4) is 0 Å². The second kappa shape index (κ2) is 7.60. The Morgan fingerprint density at radius 2 is 2.19 bits per heavy atom. The molecular formula is C11H22N2O3. The van der Waals surface area contributed by atoms with Crippen LogP contribution in [0.2, 0.25) is 0 Å². The van der Waals surface area contributed by atoms with Crippen molar-refractivity contribution in [3.8, 4) is 0 Å². The third-order valence-electron chi connectivity index (χ3n) is 2.70. The van der Waals surface area contributed by atoms with E-state index in [4.69, 9.17) is 9.84 Å². The summed E-state index contributed by atoms with van der Waals surface area (Å²) in [6, 6.07) is 0.409. The lowest BCUT2D eigenvalue weighted by Gasteiger charge is -2.29. The molecule has 0 saturated carbocycles. The van der Waals surface area contributed by atoms with Crippen molar-refractivity contribution in [3.63, 3.8) is 0 Å². The van der Waals surface area contributed by atoms with Gasteiger partial charge in [0.15, 0.2) is 0 Å². The van der Waals surface area contributed by atoms with Crippen molar-refractivity contribution in [1.82, 2.24) is 10.2 Å². The van der Waals surface area contributed by atoms with E-state index in [1.54, 1.807) is 0 Å². The number of carbonyl (C=O) groups is 1. The van der Waals surface area contributed by atoms with E-state index in [0.717, 1.165) is 39.4 Å². The lowest BCUT2D eigenvalue weighted by atomic mass is 10.2. The Morgan fingerprint density at radius 3 is 2.81 bits per heavy atom. The van der Waals surface area contributed by atoms with Crippen LogP contribution in [-0.2, 0) is 9.53 Å². The quantitative estimate of drug-likeness (QED) is 0.610. The molecule has 1 unspecified atom stereocenters. The van der Waals surface area contributed by atoms with Crippen LogP contribution < -0.4 is 5.32 Å². The van der Waals surface area contributed by atoms with Gasteiger partial charge in [0, 0.05) is 32.1 Å². The van der Waals surface area contributed by atoms with Crippen LogP contribution >= 0.6 is 0 Å². The second-order valence-corrected chi connectivity index (χ2v) is 4.27. The zero-order valence-electron chi connectivity index (χ0n) is 9.95. The number of carboxylic acid groups (broad SMARTS) is 1. The second-order valence-electron chi connectivity index (χ2n) is 4.27. The monoisotopic (exact) mass is 230 g/mol. The fourth-order valence-electron chi connectivity index (χ4n) is 1.82. The average molecular weight is 230 g/mol. The van der Waals surface area contributed by atoms with E-state index < -0.39 is 5.97 Å². The summed E-state index contributed by atoms with van der Waals surface area (Å²) in [4.78, 5) is 12.7. The molecule has 0 aromatic heterocycles. The molecule has 1 aliphatic rings. The molecule has 1 fully saturated rings. The van der Waals surface area contributed by atoms with Crippen molar-refractivity contribution in [2.45, 2.75) is 25.8 Å². The molecule has 94 valence electrons. The van der Waals surface area contributed by atoms with Crippen LogP contribution in [0.1, 0.15) is 19.8 Å². The molecule has 2 N–H and O–H groups in total.